The summed E-state index contributed by atoms with van der Waals surface area (Å²) in [5, 5.41) is 3.14. The molecule has 8 nitrogen and oxygen atoms in total. The number of H-pyrrole nitrogens is 1. The van der Waals surface area contributed by atoms with Crippen LogP contribution in [-0.4, -0.2) is 33.5 Å². The average Bonchev–Trinajstić information content (AvgIpc) is 3.55. The van der Waals surface area contributed by atoms with E-state index in [1.165, 1.54) is 10.1 Å². The van der Waals surface area contributed by atoms with Gasteiger partial charge in [0.25, 0.3) is 11.5 Å². The highest BCUT2D eigenvalue weighted by atomic mass is 16.2. The van der Waals surface area contributed by atoms with Crippen molar-refractivity contribution < 1.29 is 4.79 Å². The lowest BCUT2D eigenvalue weighted by Crippen LogP contribution is -2.33. The molecule has 0 bridgehead atoms. The van der Waals surface area contributed by atoms with Gasteiger partial charge < -0.3 is 10.2 Å². The van der Waals surface area contributed by atoms with Crippen LogP contribution in [0.3, 0.4) is 0 Å². The van der Waals surface area contributed by atoms with Gasteiger partial charge in [-0.2, -0.15) is 0 Å². The fourth-order valence-corrected chi connectivity index (χ4v) is 4.65. The van der Waals surface area contributed by atoms with Gasteiger partial charge >= 0.3 is 5.69 Å². The third-order valence-corrected chi connectivity index (χ3v) is 6.47. The van der Waals surface area contributed by atoms with Crippen LogP contribution in [0.15, 0.2) is 33.9 Å². The number of hydrogen-bond donors (Lipinski definition) is 2. The summed E-state index contributed by atoms with van der Waals surface area (Å²) in [5.74, 6) is 0.0693. The van der Waals surface area contributed by atoms with Crippen LogP contribution in [0, 0.1) is 5.92 Å². The number of carbonyl (C=O) groups is 1. The molecule has 1 amide bonds. The van der Waals surface area contributed by atoms with Crippen LogP contribution in [0.4, 0.5) is 11.4 Å². The summed E-state index contributed by atoms with van der Waals surface area (Å²) in [6.07, 6.45) is 2.99. The lowest BCUT2D eigenvalue weighted by Gasteiger charge is -2.18. The van der Waals surface area contributed by atoms with Crippen LogP contribution in [0.1, 0.15) is 61.1 Å². The minimum atomic E-state index is -0.582. The van der Waals surface area contributed by atoms with Crippen molar-refractivity contribution in [1.82, 2.24) is 14.5 Å². The van der Waals surface area contributed by atoms with Gasteiger partial charge in [0.15, 0.2) is 5.65 Å². The second-order valence-corrected chi connectivity index (χ2v) is 9.46. The molecule has 0 radical (unpaired) electrons. The number of pyridine rings is 1. The summed E-state index contributed by atoms with van der Waals surface area (Å²) >= 11 is 0. The minimum Gasteiger partial charge on any atom is -0.371 e. The summed E-state index contributed by atoms with van der Waals surface area (Å²) in [6, 6.07) is 7.67. The van der Waals surface area contributed by atoms with E-state index in [1.807, 2.05) is 32.0 Å². The molecule has 1 aromatic carbocycles. The molecule has 5 rings (SSSR count). The number of nitrogens with zero attached hydrogens (tertiary/aromatic N) is 3. The van der Waals surface area contributed by atoms with Crippen LogP contribution in [0.25, 0.3) is 11.0 Å². The molecular weight excluding hydrogens is 418 g/mol. The minimum absolute atomic E-state index is 0.161. The number of hydrogen-bond acceptors (Lipinski definition) is 5. The fourth-order valence-electron chi connectivity index (χ4n) is 4.65. The normalized spacial score (nSPS) is 15.3. The van der Waals surface area contributed by atoms with E-state index < -0.39 is 11.2 Å². The van der Waals surface area contributed by atoms with Crippen molar-refractivity contribution in [2.45, 2.75) is 52.5 Å². The molecule has 1 aliphatic heterocycles. The van der Waals surface area contributed by atoms with E-state index in [0.29, 0.717) is 12.2 Å². The van der Waals surface area contributed by atoms with E-state index in [1.54, 1.807) is 6.07 Å². The number of amides is 1. The predicted molar refractivity (Wildman–Crippen MR) is 129 cm³/mol. The Balaban J connectivity index is 1.61. The highest BCUT2D eigenvalue weighted by molar-refractivity contribution is 6.12. The molecule has 0 spiro atoms. The van der Waals surface area contributed by atoms with Crippen LogP contribution in [-0.2, 0) is 13.0 Å². The van der Waals surface area contributed by atoms with Crippen LogP contribution in [0.2, 0.25) is 0 Å². The Labute approximate surface area is 191 Å². The molecule has 172 valence electrons. The molecule has 1 saturated carbocycles. The Hall–Kier alpha value is -3.42. The van der Waals surface area contributed by atoms with E-state index in [9.17, 15) is 14.4 Å². The van der Waals surface area contributed by atoms with Gasteiger partial charge in [-0.05, 0) is 55.9 Å². The zero-order valence-electron chi connectivity index (χ0n) is 19.3. The van der Waals surface area contributed by atoms with Crippen LogP contribution >= 0.6 is 0 Å². The Bertz CT molecular complexity index is 1370. The first-order valence-corrected chi connectivity index (χ1v) is 11.7. The first-order chi connectivity index (χ1) is 15.9. The number of nitrogens with one attached hydrogen (secondary N) is 2. The van der Waals surface area contributed by atoms with Crippen molar-refractivity contribution in [2.75, 3.05) is 23.3 Å². The van der Waals surface area contributed by atoms with Gasteiger partial charge in [-0.15, -0.1) is 0 Å². The highest BCUT2D eigenvalue weighted by Gasteiger charge is 2.29. The van der Waals surface area contributed by atoms with Gasteiger partial charge in [0.1, 0.15) is 0 Å². The SMILES string of the molecule is CCN1CCc2ccc(NC(=O)c3cc(C4CC4)nc4c3c(=O)[nH]c(=O)n4CC(C)C)cc21. The lowest BCUT2D eigenvalue weighted by atomic mass is 10.1. The Morgan fingerprint density at radius 3 is 2.73 bits per heavy atom. The van der Waals surface area contributed by atoms with Crippen molar-refractivity contribution in [3.8, 4) is 0 Å². The Morgan fingerprint density at radius 2 is 2.03 bits per heavy atom. The second kappa shape index (κ2) is 8.17. The number of benzene rings is 1. The number of rotatable bonds is 6. The first kappa shape index (κ1) is 21.4. The maximum absolute atomic E-state index is 13.5. The zero-order chi connectivity index (χ0) is 23.3. The van der Waals surface area contributed by atoms with Crippen molar-refractivity contribution >= 4 is 28.3 Å². The molecule has 0 unspecified atom stereocenters. The molecule has 8 heteroatoms. The Morgan fingerprint density at radius 1 is 1.24 bits per heavy atom. The smallest absolute Gasteiger partial charge is 0.330 e. The van der Waals surface area contributed by atoms with E-state index >= 15 is 0 Å². The van der Waals surface area contributed by atoms with Gasteiger partial charge in [-0.3, -0.25) is 19.1 Å². The van der Waals surface area contributed by atoms with Crippen molar-refractivity contribution in [1.29, 1.82) is 0 Å². The van der Waals surface area contributed by atoms with Gasteiger partial charge in [-0.25, -0.2) is 9.78 Å². The van der Waals surface area contributed by atoms with Crippen LogP contribution < -0.4 is 21.5 Å². The standard InChI is InChI=1S/C25H29N5O3/c1-4-29-10-9-16-7-8-17(11-20(16)29)26-23(31)18-12-19(15-5-6-15)27-22-21(18)24(32)28-25(33)30(22)13-14(2)3/h7-8,11-12,14-15H,4-6,9-10,13H2,1-3H3,(H,26,31)(H,28,32,33). The fraction of sp³-hybridized carbons (Fsp3) is 0.440. The molecule has 3 heterocycles. The van der Waals surface area contributed by atoms with Gasteiger partial charge in [0, 0.05) is 42.6 Å². The largest absolute Gasteiger partial charge is 0.371 e. The number of aromatic amines is 1. The Kier molecular flexibility index (Phi) is 5.31. The van der Waals surface area contributed by atoms with Gasteiger partial charge in [-0.1, -0.05) is 19.9 Å². The van der Waals surface area contributed by atoms with E-state index in [2.05, 4.69) is 27.1 Å². The number of anilines is 2. The maximum atomic E-state index is 13.5. The summed E-state index contributed by atoms with van der Waals surface area (Å²) < 4.78 is 1.48. The van der Waals surface area contributed by atoms with Crippen molar-refractivity contribution in [3.63, 3.8) is 0 Å². The first-order valence-electron chi connectivity index (χ1n) is 11.7. The molecule has 0 saturated heterocycles. The molecule has 3 aromatic rings. The highest BCUT2D eigenvalue weighted by Crippen LogP contribution is 2.40. The van der Waals surface area contributed by atoms with Crippen molar-refractivity contribution in [2.24, 2.45) is 5.92 Å². The number of likely N-dealkylation sites (N-methyl/N-ethyl adjacent to an activating group) is 1. The third kappa shape index (κ3) is 3.94. The monoisotopic (exact) mass is 447 g/mol. The number of aromatic nitrogens is 3. The van der Waals surface area contributed by atoms with E-state index in [-0.39, 0.29) is 34.3 Å². The summed E-state index contributed by atoms with van der Waals surface area (Å²) in [7, 11) is 0. The summed E-state index contributed by atoms with van der Waals surface area (Å²) in [6.45, 7) is 8.40. The van der Waals surface area contributed by atoms with Gasteiger partial charge in [0.2, 0.25) is 0 Å². The molecule has 2 N–H and O–H groups in total. The maximum Gasteiger partial charge on any atom is 0.330 e. The van der Waals surface area contributed by atoms with E-state index in [4.69, 9.17) is 0 Å². The second-order valence-electron chi connectivity index (χ2n) is 9.46. The molecular formula is C25H29N5O3. The molecule has 2 aromatic heterocycles. The lowest BCUT2D eigenvalue weighted by molar-refractivity contribution is 0.102. The van der Waals surface area contributed by atoms with Gasteiger partial charge in [0.05, 0.1) is 10.9 Å². The number of carbonyl (C=O) groups excluding carboxylic acids is 1. The quantitative estimate of drug-likeness (QED) is 0.604. The predicted octanol–water partition coefficient (Wildman–Crippen LogP) is 3.25. The molecule has 1 aliphatic carbocycles. The zero-order valence-corrected chi connectivity index (χ0v) is 19.3. The van der Waals surface area contributed by atoms with Crippen LogP contribution in [0.5, 0.6) is 0 Å². The average molecular weight is 448 g/mol. The van der Waals surface area contributed by atoms with E-state index in [0.717, 1.165) is 43.7 Å². The summed E-state index contributed by atoms with van der Waals surface area (Å²) in [4.78, 5) is 48.2. The molecule has 33 heavy (non-hydrogen) atoms. The third-order valence-electron chi connectivity index (χ3n) is 6.47. The molecule has 0 atom stereocenters. The molecule has 1 fully saturated rings. The van der Waals surface area contributed by atoms with Crippen molar-refractivity contribution in [3.05, 3.63) is 61.9 Å². The number of fused-ring (bicyclic) bond motifs is 2. The summed E-state index contributed by atoms with van der Waals surface area (Å²) in [5.41, 5.74) is 3.33. The topological polar surface area (TPSA) is 100 Å². The molecule has 2 aliphatic rings.